The lowest BCUT2D eigenvalue weighted by Crippen LogP contribution is -2.40. The van der Waals surface area contributed by atoms with Gasteiger partial charge in [-0.3, -0.25) is 14.2 Å². The van der Waals surface area contributed by atoms with E-state index in [9.17, 15) is 9.59 Å². The molecular weight excluding hydrogens is 669 g/mol. The molecule has 6 rings (SSSR count). The van der Waals surface area contributed by atoms with Crippen molar-refractivity contribution in [3.63, 3.8) is 0 Å². The molecule has 5 aromatic rings. The molecule has 244 valence electrons. The molecule has 0 radical (unpaired) electrons. The monoisotopic (exact) mass is 699 g/mol. The Kier molecular flexibility index (Phi) is 10.0. The van der Waals surface area contributed by atoms with Crippen molar-refractivity contribution < 1.29 is 19.0 Å². The predicted molar refractivity (Wildman–Crippen MR) is 190 cm³/mol. The average molecular weight is 701 g/mol. The number of benzene rings is 4. The van der Waals surface area contributed by atoms with Gasteiger partial charge in [0.1, 0.15) is 12.4 Å². The zero-order chi connectivity index (χ0) is 33.8. The van der Waals surface area contributed by atoms with E-state index in [2.05, 4.69) is 5.32 Å². The number of nitrogens with one attached hydrogen (secondary N) is 1. The highest BCUT2D eigenvalue weighted by atomic mass is 35.5. The Hall–Kier alpha value is -4.83. The lowest BCUT2D eigenvalue weighted by molar-refractivity contribution is -0.113. The third-order valence-corrected chi connectivity index (χ3v) is 9.26. The largest absolute Gasteiger partial charge is 0.497 e. The Morgan fingerprint density at radius 1 is 0.979 bits per heavy atom. The molecule has 0 unspecified atom stereocenters. The number of fused-ring (bicyclic) bond motifs is 1. The number of hydrogen-bond donors (Lipinski definition) is 1. The van der Waals surface area contributed by atoms with Gasteiger partial charge < -0.3 is 19.5 Å². The van der Waals surface area contributed by atoms with Gasteiger partial charge in [0.15, 0.2) is 16.3 Å². The van der Waals surface area contributed by atoms with E-state index in [4.69, 9.17) is 42.4 Å². The summed E-state index contributed by atoms with van der Waals surface area (Å²) in [6, 6.07) is 26.5. The lowest BCUT2D eigenvalue weighted by Gasteiger charge is -2.25. The number of ether oxygens (including phenoxy) is 3. The van der Waals surface area contributed by atoms with Gasteiger partial charge in [-0.1, -0.05) is 77.0 Å². The van der Waals surface area contributed by atoms with E-state index in [-0.39, 0.29) is 18.1 Å². The van der Waals surface area contributed by atoms with E-state index in [1.807, 2.05) is 79.7 Å². The summed E-state index contributed by atoms with van der Waals surface area (Å²) in [5.74, 6) is 1.38. The summed E-state index contributed by atoms with van der Waals surface area (Å²) in [6.45, 7) is 4.31. The summed E-state index contributed by atoms with van der Waals surface area (Å²) in [4.78, 5) is 33.2. The molecule has 0 saturated heterocycles. The number of thiazole rings is 1. The van der Waals surface area contributed by atoms with Gasteiger partial charge in [0.2, 0.25) is 0 Å². The maximum Gasteiger partial charge on any atom is 0.271 e. The third kappa shape index (κ3) is 7.04. The second-order valence-corrected chi connectivity index (χ2v) is 12.7. The van der Waals surface area contributed by atoms with Gasteiger partial charge in [0, 0.05) is 21.3 Å². The van der Waals surface area contributed by atoms with Crippen LogP contribution in [0.5, 0.6) is 17.2 Å². The number of halogens is 2. The van der Waals surface area contributed by atoms with Crippen molar-refractivity contribution in [3.8, 4) is 17.2 Å². The minimum atomic E-state index is -0.715. The summed E-state index contributed by atoms with van der Waals surface area (Å²) in [7, 11) is 1.59. The molecule has 0 spiro atoms. The quantitative estimate of drug-likeness (QED) is 0.167. The van der Waals surface area contributed by atoms with Crippen LogP contribution < -0.4 is 34.4 Å². The summed E-state index contributed by atoms with van der Waals surface area (Å²) in [5, 5.41) is 4.03. The molecular formula is C37H31Cl2N3O5S. The van der Waals surface area contributed by atoms with Gasteiger partial charge in [0.25, 0.3) is 11.5 Å². The van der Waals surface area contributed by atoms with Crippen LogP contribution >= 0.6 is 34.5 Å². The fourth-order valence-corrected chi connectivity index (χ4v) is 6.89. The number of aromatic nitrogens is 1. The van der Waals surface area contributed by atoms with Crippen LogP contribution in [0.2, 0.25) is 10.0 Å². The van der Waals surface area contributed by atoms with E-state index in [1.54, 1.807) is 42.9 Å². The molecule has 1 aliphatic rings. The molecule has 0 bridgehead atoms. The first-order valence-electron chi connectivity index (χ1n) is 15.1. The van der Waals surface area contributed by atoms with Gasteiger partial charge in [-0.05, 0) is 79.6 Å². The predicted octanol–water partition coefficient (Wildman–Crippen LogP) is 7.17. The van der Waals surface area contributed by atoms with E-state index < -0.39 is 6.04 Å². The van der Waals surface area contributed by atoms with Crippen LogP contribution in [-0.2, 0) is 11.4 Å². The standard InChI is InChI=1S/C37H31Cl2N3O5S/c1-4-46-31-18-23(10-17-30(31)47-21-25-11-14-26(38)20-29(25)39)19-32-36(44)42-34(24-12-15-28(45-3)16-13-24)33(22(2)40-37(42)48-32)35(43)41-27-8-6-5-7-9-27/h5-20,34H,4,21H2,1-3H3,(H,41,43)/b32-19+/t34-/m0/s1. The summed E-state index contributed by atoms with van der Waals surface area (Å²) < 4.78 is 19.4. The van der Waals surface area contributed by atoms with Crippen molar-refractivity contribution in [2.24, 2.45) is 4.99 Å². The molecule has 1 aromatic heterocycles. The van der Waals surface area contributed by atoms with Crippen LogP contribution in [0.3, 0.4) is 0 Å². The Balaban J connectivity index is 1.38. The Labute approximate surface area is 291 Å². The van der Waals surface area contributed by atoms with Crippen molar-refractivity contribution in [1.29, 1.82) is 0 Å². The zero-order valence-corrected chi connectivity index (χ0v) is 28.7. The van der Waals surface area contributed by atoms with Gasteiger partial charge in [-0.15, -0.1) is 0 Å². The number of para-hydroxylation sites is 1. The van der Waals surface area contributed by atoms with Crippen molar-refractivity contribution >= 4 is 52.2 Å². The second-order valence-electron chi connectivity index (χ2n) is 10.8. The molecule has 0 saturated carbocycles. The number of carbonyl (C=O) groups excluding carboxylic acids is 1. The first-order valence-corrected chi connectivity index (χ1v) is 16.7. The highest BCUT2D eigenvalue weighted by Gasteiger charge is 2.32. The van der Waals surface area contributed by atoms with Crippen molar-refractivity contribution in [2.75, 3.05) is 19.0 Å². The molecule has 2 heterocycles. The fraction of sp³-hybridized carbons (Fsp3) is 0.162. The number of nitrogens with zero attached hydrogens (tertiary/aromatic N) is 2. The van der Waals surface area contributed by atoms with E-state index in [1.165, 1.54) is 11.3 Å². The molecule has 11 heteroatoms. The first-order chi connectivity index (χ1) is 23.2. The van der Waals surface area contributed by atoms with Crippen LogP contribution in [0.25, 0.3) is 6.08 Å². The van der Waals surface area contributed by atoms with Gasteiger partial charge in [-0.2, -0.15) is 0 Å². The molecule has 0 aliphatic carbocycles. The lowest BCUT2D eigenvalue weighted by atomic mass is 9.95. The molecule has 48 heavy (non-hydrogen) atoms. The maximum atomic E-state index is 14.2. The van der Waals surface area contributed by atoms with Crippen molar-refractivity contribution in [3.05, 3.63) is 149 Å². The number of allylic oxidation sites excluding steroid dienone is 1. The SMILES string of the molecule is CCOc1cc(/C=c2/sc3n(c2=O)[C@@H](c2ccc(OC)cc2)C(C(=O)Nc2ccccc2)=C(C)N=3)ccc1OCc1ccc(Cl)cc1Cl. The van der Waals surface area contributed by atoms with Gasteiger partial charge >= 0.3 is 0 Å². The maximum absolute atomic E-state index is 14.2. The van der Waals surface area contributed by atoms with Crippen LogP contribution in [0, 0.1) is 0 Å². The highest BCUT2D eigenvalue weighted by Crippen LogP contribution is 2.33. The van der Waals surface area contributed by atoms with E-state index in [0.717, 1.165) is 16.7 Å². The molecule has 1 N–H and O–H groups in total. The molecule has 1 aliphatic heterocycles. The highest BCUT2D eigenvalue weighted by molar-refractivity contribution is 7.07. The summed E-state index contributed by atoms with van der Waals surface area (Å²) in [6.07, 6.45) is 1.79. The minimum absolute atomic E-state index is 0.221. The summed E-state index contributed by atoms with van der Waals surface area (Å²) in [5.41, 5.74) is 3.54. The van der Waals surface area contributed by atoms with Crippen LogP contribution in [-0.4, -0.2) is 24.2 Å². The van der Waals surface area contributed by atoms with Crippen LogP contribution in [0.1, 0.15) is 36.6 Å². The molecule has 0 fully saturated rings. The zero-order valence-electron chi connectivity index (χ0n) is 26.3. The number of carbonyl (C=O) groups is 1. The Bertz CT molecular complexity index is 2200. The topological polar surface area (TPSA) is 91.2 Å². The Morgan fingerprint density at radius 2 is 1.75 bits per heavy atom. The third-order valence-electron chi connectivity index (χ3n) is 7.69. The molecule has 8 nitrogen and oxygen atoms in total. The van der Waals surface area contributed by atoms with Crippen LogP contribution in [0.4, 0.5) is 5.69 Å². The van der Waals surface area contributed by atoms with E-state index in [0.29, 0.717) is 60.2 Å². The Morgan fingerprint density at radius 3 is 2.46 bits per heavy atom. The number of anilines is 1. The van der Waals surface area contributed by atoms with E-state index >= 15 is 0 Å². The molecule has 1 amide bonds. The minimum Gasteiger partial charge on any atom is -0.497 e. The second kappa shape index (κ2) is 14.5. The number of rotatable bonds is 10. The van der Waals surface area contributed by atoms with Gasteiger partial charge in [0.05, 0.1) is 35.6 Å². The van der Waals surface area contributed by atoms with Crippen LogP contribution in [0.15, 0.2) is 112 Å². The number of hydrogen-bond acceptors (Lipinski definition) is 7. The normalized spacial score (nSPS) is 14.3. The fourth-order valence-electron chi connectivity index (χ4n) is 5.38. The van der Waals surface area contributed by atoms with Crippen molar-refractivity contribution in [1.82, 2.24) is 4.57 Å². The molecule has 1 atom stereocenters. The number of amides is 1. The molecule has 4 aromatic carbocycles. The smallest absolute Gasteiger partial charge is 0.271 e. The first kappa shape index (κ1) is 33.1. The van der Waals surface area contributed by atoms with Gasteiger partial charge in [-0.25, -0.2) is 4.99 Å². The average Bonchev–Trinajstić information content (AvgIpc) is 3.38. The van der Waals surface area contributed by atoms with Crippen molar-refractivity contribution in [2.45, 2.75) is 26.5 Å². The summed E-state index contributed by atoms with van der Waals surface area (Å²) >= 11 is 13.6. The number of methoxy groups -OCH3 is 1.